The van der Waals surface area contributed by atoms with Crippen molar-refractivity contribution in [3.8, 4) is 5.75 Å². The molecule has 0 fully saturated rings. The molecule has 2 aromatic rings. The number of hydrogen-bond donors (Lipinski definition) is 2. The summed E-state index contributed by atoms with van der Waals surface area (Å²) >= 11 is 0. The van der Waals surface area contributed by atoms with Crippen molar-refractivity contribution < 1.29 is 13.5 Å². The number of nitrogens with two attached hydrogens (primary N) is 1. The van der Waals surface area contributed by atoms with Gasteiger partial charge in [-0.25, -0.2) is 13.6 Å². The van der Waals surface area contributed by atoms with Gasteiger partial charge in [0.2, 0.25) is 10.0 Å². The van der Waals surface area contributed by atoms with Crippen LogP contribution in [0.2, 0.25) is 0 Å². The molecule has 2 rings (SSSR count). The van der Waals surface area contributed by atoms with E-state index in [1.54, 1.807) is 42.6 Å². The molecule has 0 saturated heterocycles. The van der Waals surface area contributed by atoms with E-state index in [2.05, 4.69) is 4.99 Å². The lowest BCUT2D eigenvalue weighted by atomic mass is 10.2. The lowest BCUT2D eigenvalue weighted by Crippen LogP contribution is -2.11. The van der Waals surface area contributed by atoms with Crippen LogP contribution in [0.15, 0.2) is 58.4 Å². The largest absolute Gasteiger partial charge is 0.508 e. The highest BCUT2D eigenvalue weighted by molar-refractivity contribution is 7.89. The molecule has 2 aromatic carbocycles. The van der Waals surface area contributed by atoms with E-state index in [0.717, 1.165) is 11.1 Å². The third-order valence-corrected chi connectivity index (χ3v) is 3.59. The minimum absolute atomic E-state index is 0. The number of primary sulfonamides is 1. The third kappa shape index (κ3) is 5.18. The number of benzene rings is 2. The van der Waals surface area contributed by atoms with Crippen LogP contribution in [0.25, 0.3) is 0 Å². The number of phenolic OH excluding ortho intramolecular Hbond substituents is 1. The van der Waals surface area contributed by atoms with E-state index in [1.165, 1.54) is 12.1 Å². The zero-order valence-corrected chi connectivity index (χ0v) is 12.6. The summed E-state index contributed by atoms with van der Waals surface area (Å²) in [5.41, 5.74) is 1.76. The molecule has 0 spiro atoms. The van der Waals surface area contributed by atoms with Crippen LogP contribution in [0, 0.1) is 0 Å². The van der Waals surface area contributed by atoms with Gasteiger partial charge in [0.1, 0.15) is 5.75 Å². The fourth-order valence-electron chi connectivity index (χ4n) is 1.60. The fourth-order valence-corrected chi connectivity index (χ4v) is 2.12. The van der Waals surface area contributed by atoms with Crippen LogP contribution < -0.4 is 5.14 Å². The van der Waals surface area contributed by atoms with Gasteiger partial charge in [-0.2, -0.15) is 0 Å². The van der Waals surface area contributed by atoms with Crippen LogP contribution in [0.1, 0.15) is 11.1 Å². The molecule has 0 aliphatic carbocycles. The van der Waals surface area contributed by atoms with Crippen molar-refractivity contribution in [2.24, 2.45) is 10.1 Å². The minimum Gasteiger partial charge on any atom is -0.508 e. The number of hydrogen-bond acceptors (Lipinski definition) is 4. The Morgan fingerprint density at radius 3 is 2.14 bits per heavy atom. The van der Waals surface area contributed by atoms with Crippen LogP contribution in [-0.2, 0) is 16.6 Å². The van der Waals surface area contributed by atoms with E-state index >= 15 is 0 Å². The predicted molar refractivity (Wildman–Crippen MR) is 84.5 cm³/mol. The normalized spacial score (nSPS) is 11.3. The third-order valence-electron chi connectivity index (χ3n) is 2.66. The van der Waals surface area contributed by atoms with Crippen molar-refractivity contribution in [3.05, 3.63) is 59.7 Å². The van der Waals surface area contributed by atoms with E-state index in [0.29, 0.717) is 6.54 Å². The Morgan fingerprint density at radius 1 is 1.05 bits per heavy atom. The van der Waals surface area contributed by atoms with Crippen LogP contribution in [0.3, 0.4) is 0 Å². The summed E-state index contributed by atoms with van der Waals surface area (Å²) < 4.78 is 22.2. The first kappa shape index (κ1) is 17.2. The van der Waals surface area contributed by atoms with Crippen molar-refractivity contribution in [1.82, 2.24) is 0 Å². The minimum atomic E-state index is -3.66. The van der Waals surface area contributed by atoms with E-state index < -0.39 is 10.0 Å². The molecule has 3 N–H and O–H groups in total. The molecule has 0 bridgehead atoms. The molecular weight excluding hydrogens is 312 g/mol. The van der Waals surface area contributed by atoms with Crippen molar-refractivity contribution in [2.75, 3.05) is 0 Å². The van der Waals surface area contributed by atoms with Crippen LogP contribution in [0.5, 0.6) is 5.75 Å². The lowest BCUT2D eigenvalue weighted by Gasteiger charge is -1.99. The number of sulfonamides is 1. The van der Waals surface area contributed by atoms with Gasteiger partial charge in [0.25, 0.3) is 0 Å². The molecule has 0 amide bonds. The van der Waals surface area contributed by atoms with Gasteiger partial charge in [0.05, 0.1) is 11.4 Å². The summed E-state index contributed by atoms with van der Waals surface area (Å²) in [5, 5.41) is 14.2. The average molecular weight is 327 g/mol. The van der Waals surface area contributed by atoms with Gasteiger partial charge < -0.3 is 5.11 Å². The van der Waals surface area contributed by atoms with E-state index in [4.69, 9.17) is 10.2 Å². The zero-order valence-electron chi connectivity index (χ0n) is 11.0. The highest BCUT2D eigenvalue weighted by atomic mass is 35.5. The molecule has 0 unspecified atom stereocenters. The van der Waals surface area contributed by atoms with E-state index in [-0.39, 0.29) is 23.1 Å². The number of halogens is 1. The molecule has 0 heterocycles. The lowest BCUT2D eigenvalue weighted by molar-refractivity contribution is 0.475. The Bertz CT molecular complexity index is 711. The standard InChI is InChI=1S/C14H14N2O3S.ClH/c15-20(18,19)14-7-3-12(4-8-14)10-16-9-11-1-5-13(17)6-2-11;/h1-8,10,17H,9H2,(H2,15,18,19);1H. The van der Waals surface area contributed by atoms with Gasteiger partial charge in [-0.15, -0.1) is 12.4 Å². The van der Waals surface area contributed by atoms with Gasteiger partial charge in [-0.3, -0.25) is 4.99 Å². The summed E-state index contributed by atoms with van der Waals surface area (Å²) in [5.74, 6) is 0.219. The summed E-state index contributed by atoms with van der Waals surface area (Å²) in [4.78, 5) is 4.32. The molecule has 0 aliphatic rings. The molecule has 0 saturated carbocycles. The first-order chi connectivity index (χ1) is 9.45. The van der Waals surface area contributed by atoms with Crippen molar-refractivity contribution in [1.29, 1.82) is 0 Å². The predicted octanol–water partition coefficient (Wildman–Crippen LogP) is 2.08. The average Bonchev–Trinajstić information content (AvgIpc) is 2.41. The zero-order chi connectivity index (χ0) is 14.6. The highest BCUT2D eigenvalue weighted by Gasteiger charge is 2.05. The summed E-state index contributed by atoms with van der Waals surface area (Å²) in [7, 11) is -3.66. The molecule has 112 valence electrons. The Hall–Kier alpha value is -1.89. The highest BCUT2D eigenvalue weighted by Crippen LogP contribution is 2.11. The first-order valence-electron chi connectivity index (χ1n) is 5.86. The Balaban J connectivity index is 0.00000220. The second kappa shape index (κ2) is 7.21. The molecule has 5 nitrogen and oxygen atoms in total. The van der Waals surface area contributed by atoms with Crippen molar-refractivity contribution in [2.45, 2.75) is 11.4 Å². The van der Waals surface area contributed by atoms with Gasteiger partial charge in [-0.1, -0.05) is 24.3 Å². The van der Waals surface area contributed by atoms with E-state index in [1.807, 2.05) is 0 Å². The Morgan fingerprint density at radius 2 is 1.62 bits per heavy atom. The molecule has 0 atom stereocenters. The maximum atomic E-state index is 11.1. The number of phenols is 1. The number of rotatable bonds is 4. The van der Waals surface area contributed by atoms with E-state index in [9.17, 15) is 8.42 Å². The van der Waals surface area contributed by atoms with Gasteiger partial charge >= 0.3 is 0 Å². The second-order valence-electron chi connectivity index (χ2n) is 4.25. The van der Waals surface area contributed by atoms with Crippen molar-refractivity contribution >= 4 is 28.6 Å². The Kier molecular flexibility index (Phi) is 5.90. The second-order valence-corrected chi connectivity index (χ2v) is 5.81. The number of nitrogens with zero attached hydrogens (tertiary/aromatic N) is 1. The molecule has 0 radical (unpaired) electrons. The van der Waals surface area contributed by atoms with Gasteiger partial charge in [0.15, 0.2) is 0 Å². The molecule has 21 heavy (non-hydrogen) atoms. The van der Waals surface area contributed by atoms with Gasteiger partial charge in [-0.05, 0) is 35.4 Å². The fraction of sp³-hybridized carbons (Fsp3) is 0.0714. The molecular formula is C14H15ClN2O3S. The smallest absolute Gasteiger partial charge is 0.238 e. The van der Waals surface area contributed by atoms with Crippen LogP contribution in [0.4, 0.5) is 0 Å². The van der Waals surface area contributed by atoms with Crippen LogP contribution >= 0.6 is 12.4 Å². The maximum absolute atomic E-state index is 11.1. The summed E-state index contributed by atoms with van der Waals surface area (Å²) in [6, 6.07) is 12.9. The number of aromatic hydroxyl groups is 1. The first-order valence-corrected chi connectivity index (χ1v) is 7.40. The SMILES string of the molecule is Cl.NS(=O)(=O)c1ccc(C=NCc2ccc(O)cc2)cc1. The van der Waals surface area contributed by atoms with Crippen LogP contribution in [-0.4, -0.2) is 19.7 Å². The summed E-state index contributed by atoms with van der Waals surface area (Å²) in [6.07, 6.45) is 1.65. The maximum Gasteiger partial charge on any atom is 0.238 e. The topological polar surface area (TPSA) is 92.8 Å². The monoisotopic (exact) mass is 326 g/mol. The molecule has 0 aromatic heterocycles. The number of aliphatic imine (C=N–C) groups is 1. The van der Waals surface area contributed by atoms with Crippen molar-refractivity contribution in [3.63, 3.8) is 0 Å². The summed E-state index contributed by atoms with van der Waals surface area (Å²) in [6.45, 7) is 0.483. The molecule has 0 aliphatic heterocycles. The Labute approximate surface area is 129 Å². The van der Waals surface area contributed by atoms with Gasteiger partial charge in [0, 0.05) is 6.21 Å². The quantitative estimate of drug-likeness (QED) is 0.842. The molecule has 7 heteroatoms.